The van der Waals surface area contributed by atoms with Crippen molar-refractivity contribution in [3.63, 3.8) is 0 Å². The summed E-state index contributed by atoms with van der Waals surface area (Å²) in [5.74, 6) is -0.734. The molecular formula is C21H18N4O5. The van der Waals surface area contributed by atoms with E-state index in [0.717, 1.165) is 0 Å². The molecule has 0 bridgehead atoms. The lowest BCUT2D eigenvalue weighted by atomic mass is 10.1. The van der Waals surface area contributed by atoms with E-state index >= 15 is 0 Å². The highest BCUT2D eigenvalue weighted by molar-refractivity contribution is 6.08. The first-order chi connectivity index (χ1) is 14.3. The second kappa shape index (κ2) is 8.82. The van der Waals surface area contributed by atoms with Gasteiger partial charge in [-0.05, 0) is 38.1 Å². The molecule has 0 saturated carbocycles. The molecule has 0 aliphatic heterocycles. The second-order valence-corrected chi connectivity index (χ2v) is 6.47. The minimum absolute atomic E-state index is 0.00543. The summed E-state index contributed by atoms with van der Waals surface area (Å²) in [6.45, 7) is 3.48. The first-order valence-electron chi connectivity index (χ1n) is 8.91. The zero-order valence-electron chi connectivity index (χ0n) is 16.2. The molecule has 3 rings (SSSR count). The molecule has 0 fully saturated rings. The molecule has 1 aromatic heterocycles. The van der Waals surface area contributed by atoms with Crippen molar-refractivity contribution in [1.29, 1.82) is 0 Å². The Hall–Kier alpha value is -4.27. The van der Waals surface area contributed by atoms with Gasteiger partial charge in [0.1, 0.15) is 5.76 Å². The predicted octanol–water partition coefficient (Wildman–Crippen LogP) is 4.23. The van der Waals surface area contributed by atoms with Gasteiger partial charge in [0.15, 0.2) is 5.76 Å². The van der Waals surface area contributed by atoms with Gasteiger partial charge in [0.25, 0.3) is 17.5 Å². The fourth-order valence-electron chi connectivity index (χ4n) is 2.58. The summed E-state index contributed by atoms with van der Waals surface area (Å²) in [5, 5.41) is 17.5. The number of nitrogens with zero attached hydrogens (tertiary/aromatic N) is 2. The van der Waals surface area contributed by atoms with Crippen molar-refractivity contribution in [3.05, 3.63) is 82.1 Å². The molecule has 9 heteroatoms. The van der Waals surface area contributed by atoms with Crippen LogP contribution in [-0.2, 0) is 0 Å². The third-order valence-corrected chi connectivity index (χ3v) is 3.97. The molecule has 30 heavy (non-hydrogen) atoms. The van der Waals surface area contributed by atoms with Crippen LogP contribution in [0.3, 0.4) is 0 Å². The molecule has 0 spiro atoms. The van der Waals surface area contributed by atoms with Crippen LogP contribution in [-0.4, -0.2) is 22.4 Å². The number of nitro groups is 1. The van der Waals surface area contributed by atoms with Crippen molar-refractivity contribution in [2.24, 2.45) is 5.10 Å². The molecule has 2 aromatic carbocycles. The quantitative estimate of drug-likeness (QED) is 0.360. The Labute approximate surface area is 171 Å². The third kappa shape index (κ3) is 4.76. The van der Waals surface area contributed by atoms with Crippen LogP contribution < -0.4 is 10.7 Å². The number of anilines is 1. The maximum absolute atomic E-state index is 12.6. The number of hydrazone groups is 1. The fourth-order valence-corrected chi connectivity index (χ4v) is 2.58. The lowest BCUT2D eigenvalue weighted by molar-refractivity contribution is -0.384. The van der Waals surface area contributed by atoms with Gasteiger partial charge < -0.3 is 9.73 Å². The van der Waals surface area contributed by atoms with Crippen LogP contribution in [0.2, 0.25) is 0 Å². The highest BCUT2D eigenvalue weighted by Crippen LogP contribution is 2.26. The Morgan fingerprint density at radius 1 is 1.00 bits per heavy atom. The number of para-hydroxylation sites is 1. The number of benzene rings is 2. The average molecular weight is 406 g/mol. The summed E-state index contributed by atoms with van der Waals surface area (Å²) in [4.78, 5) is 35.4. The van der Waals surface area contributed by atoms with Crippen LogP contribution in [0.5, 0.6) is 0 Å². The first kappa shape index (κ1) is 20.5. The van der Waals surface area contributed by atoms with Crippen molar-refractivity contribution in [1.82, 2.24) is 5.43 Å². The maximum atomic E-state index is 12.6. The molecular weight excluding hydrogens is 388 g/mol. The standard InChI is InChI=1S/C21H18N4O5/c1-13(2)23-24-20(26)16-8-3-4-9-17(16)22-21(27)19-11-10-18(30-19)14-6-5-7-15(12-14)25(28)29/h3-12H,1-2H3,(H,22,27)(H,24,26). The Balaban J connectivity index is 1.80. The SMILES string of the molecule is CC(C)=NNC(=O)c1ccccc1NC(=O)c1ccc(-c2cccc([N+](=O)[O-])c2)o1. The molecule has 2 amide bonds. The minimum Gasteiger partial charge on any atom is -0.451 e. The number of nitrogens with one attached hydrogen (secondary N) is 2. The Morgan fingerprint density at radius 2 is 1.77 bits per heavy atom. The van der Waals surface area contributed by atoms with Crippen molar-refractivity contribution >= 4 is 28.9 Å². The van der Waals surface area contributed by atoms with E-state index in [-0.39, 0.29) is 22.7 Å². The summed E-state index contributed by atoms with van der Waals surface area (Å²) in [6.07, 6.45) is 0. The number of hydrogen-bond acceptors (Lipinski definition) is 6. The number of amides is 2. The number of rotatable bonds is 6. The third-order valence-electron chi connectivity index (χ3n) is 3.97. The molecule has 0 saturated heterocycles. The molecule has 152 valence electrons. The van der Waals surface area contributed by atoms with E-state index in [0.29, 0.717) is 17.0 Å². The normalized spacial score (nSPS) is 10.2. The highest BCUT2D eigenvalue weighted by Gasteiger charge is 2.17. The van der Waals surface area contributed by atoms with Gasteiger partial charge in [0.05, 0.1) is 16.2 Å². The van der Waals surface area contributed by atoms with Crippen molar-refractivity contribution < 1.29 is 18.9 Å². The van der Waals surface area contributed by atoms with Crippen LogP contribution in [0.25, 0.3) is 11.3 Å². The molecule has 0 aliphatic carbocycles. The number of nitro benzene ring substituents is 1. The van der Waals surface area contributed by atoms with Gasteiger partial charge >= 0.3 is 0 Å². The molecule has 9 nitrogen and oxygen atoms in total. The smallest absolute Gasteiger partial charge is 0.291 e. The molecule has 0 unspecified atom stereocenters. The minimum atomic E-state index is -0.567. The summed E-state index contributed by atoms with van der Waals surface area (Å²) in [7, 11) is 0. The Morgan fingerprint density at radius 3 is 2.50 bits per heavy atom. The lowest BCUT2D eigenvalue weighted by Crippen LogP contribution is -2.21. The van der Waals surface area contributed by atoms with Crippen LogP contribution in [0.15, 0.2) is 70.2 Å². The summed E-state index contributed by atoms with van der Waals surface area (Å²) >= 11 is 0. The van der Waals surface area contributed by atoms with E-state index in [1.54, 1.807) is 50.2 Å². The summed E-state index contributed by atoms with van der Waals surface area (Å²) in [5.41, 5.74) is 4.00. The van der Waals surface area contributed by atoms with E-state index in [1.165, 1.54) is 24.3 Å². The molecule has 0 atom stereocenters. The lowest BCUT2D eigenvalue weighted by Gasteiger charge is -2.09. The zero-order valence-corrected chi connectivity index (χ0v) is 16.2. The number of non-ortho nitro benzene ring substituents is 1. The largest absolute Gasteiger partial charge is 0.451 e. The number of furan rings is 1. The fraction of sp³-hybridized carbons (Fsp3) is 0.0952. The van der Waals surface area contributed by atoms with Crippen molar-refractivity contribution in [2.75, 3.05) is 5.32 Å². The zero-order chi connectivity index (χ0) is 21.7. The molecule has 1 heterocycles. The van der Waals surface area contributed by atoms with Crippen LogP contribution in [0.4, 0.5) is 11.4 Å². The molecule has 3 aromatic rings. The first-order valence-corrected chi connectivity index (χ1v) is 8.91. The van der Waals surface area contributed by atoms with Gasteiger partial charge in [-0.25, -0.2) is 5.43 Å². The van der Waals surface area contributed by atoms with Crippen LogP contribution in [0.1, 0.15) is 34.8 Å². The Kier molecular flexibility index (Phi) is 6.02. The number of hydrogen-bond donors (Lipinski definition) is 2. The molecule has 2 N–H and O–H groups in total. The van der Waals surface area contributed by atoms with E-state index < -0.39 is 16.7 Å². The van der Waals surface area contributed by atoms with E-state index in [2.05, 4.69) is 15.8 Å². The Bertz CT molecular complexity index is 1150. The topological polar surface area (TPSA) is 127 Å². The highest BCUT2D eigenvalue weighted by atomic mass is 16.6. The average Bonchev–Trinajstić information content (AvgIpc) is 3.23. The number of carbonyl (C=O) groups excluding carboxylic acids is 2. The van der Waals surface area contributed by atoms with Gasteiger partial charge in [0, 0.05) is 23.4 Å². The van der Waals surface area contributed by atoms with Crippen molar-refractivity contribution in [3.8, 4) is 11.3 Å². The van der Waals surface area contributed by atoms with E-state index in [9.17, 15) is 19.7 Å². The summed E-state index contributed by atoms with van der Waals surface area (Å²) < 4.78 is 5.56. The van der Waals surface area contributed by atoms with Gasteiger partial charge in [-0.2, -0.15) is 5.10 Å². The van der Waals surface area contributed by atoms with Gasteiger partial charge in [-0.1, -0.05) is 24.3 Å². The maximum Gasteiger partial charge on any atom is 0.291 e. The van der Waals surface area contributed by atoms with Crippen LogP contribution >= 0.6 is 0 Å². The van der Waals surface area contributed by atoms with Gasteiger partial charge in [-0.3, -0.25) is 19.7 Å². The van der Waals surface area contributed by atoms with Gasteiger partial charge in [-0.15, -0.1) is 0 Å². The second-order valence-electron chi connectivity index (χ2n) is 6.47. The molecule has 0 aliphatic rings. The van der Waals surface area contributed by atoms with Gasteiger partial charge in [0.2, 0.25) is 0 Å². The molecule has 0 radical (unpaired) electrons. The summed E-state index contributed by atoms with van der Waals surface area (Å²) in [6, 6.07) is 15.4. The predicted molar refractivity (Wildman–Crippen MR) is 111 cm³/mol. The monoisotopic (exact) mass is 406 g/mol. The van der Waals surface area contributed by atoms with E-state index in [4.69, 9.17) is 4.42 Å². The number of carbonyl (C=O) groups is 2. The van der Waals surface area contributed by atoms with E-state index in [1.807, 2.05) is 0 Å². The van der Waals surface area contributed by atoms with Crippen LogP contribution in [0, 0.1) is 10.1 Å². The van der Waals surface area contributed by atoms with Crippen molar-refractivity contribution in [2.45, 2.75) is 13.8 Å².